The second-order valence-electron chi connectivity index (χ2n) is 4.95. The number of fused-ring (bicyclic) bond motifs is 1. The molecule has 0 spiro atoms. The molecule has 122 valence electrons. The summed E-state index contributed by atoms with van der Waals surface area (Å²) in [5.74, 6) is 1.09. The molecule has 1 N–H and O–H groups in total. The van der Waals surface area contributed by atoms with Gasteiger partial charge in [0.05, 0.1) is 26.0 Å². The van der Waals surface area contributed by atoms with Gasteiger partial charge in [0.2, 0.25) is 0 Å². The highest BCUT2D eigenvalue weighted by molar-refractivity contribution is 7.17. The normalized spacial score (nSPS) is 10.9. The van der Waals surface area contributed by atoms with Crippen molar-refractivity contribution >= 4 is 33.5 Å². The van der Waals surface area contributed by atoms with Gasteiger partial charge in [-0.15, -0.1) is 11.3 Å². The van der Waals surface area contributed by atoms with Crippen LogP contribution >= 0.6 is 11.3 Å². The Kier molecular flexibility index (Phi) is 4.77. The Balaban J connectivity index is 1.78. The molecule has 0 saturated heterocycles. The Morgan fingerprint density at radius 1 is 1.17 bits per heavy atom. The SMILES string of the molecule is COc1ccc(OC)c(/C=N\NC(=O)c2csc3ccccc23)c1. The number of nitrogens with zero attached hydrogens (tertiary/aromatic N) is 1. The van der Waals surface area contributed by atoms with E-state index in [2.05, 4.69) is 10.5 Å². The highest BCUT2D eigenvalue weighted by atomic mass is 32.1. The van der Waals surface area contributed by atoms with Crippen LogP contribution in [-0.4, -0.2) is 26.3 Å². The van der Waals surface area contributed by atoms with Gasteiger partial charge in [0.25, 0.3) is 5.91 Å². The van der Waals surface area contributed by atoms with E-state index in [1.807, 2.05) is 29.6 Å². The van der Waals surface area contributed by atoms with Crippen LogP contribution in [0.5, 0.6) is 11.5 Å². The van der Waals surface area contributed by atoms with E-state index in [9.17, 15) is 4.79 Å². The molecular formula is C18H16N2O3S. The first-order chi connectivity index (χ1) is 11.7. The monoisotopic (exact) mass is 340 g/mol. The van der Waals surface area contributed by atoms with Crippen LogP contribution in [0.3, 0.4) is 0 Å². The van der Waals surface area contributed by atoms with Crippen molar-refractivity contribution in [2.24, 2.45) is 5.10 Å². The molecule has 6 heteroatoms. The van der Waals surface area contributed by atoms with Crippen LogP contribution < -0.4 is 14.9 Å². The van der Waals surface area contributed by atoms with Crippen LogP contribution in [0.4, 0.5) is 0 Å². The molecule has 0 radical (unpaired) electrons. The van der Waals surface area contributed by atoms with Gasteiger partial charge in [-0.05, 0) is 24.3 Å². The van der Waals surface area contributed by atoms with E-state index in [-0.39, 0.29) is 5.91 Å². The van der Waals surface area contributed by atoms with Gasteiger partial charge in [-0.2, -0.15) is 5.10 Å². The number of amides is 1. The summed E-state index contributed by atoms with van der Waals surface area (Å²) in [6, 6.07) is 13.1. The minimum absolute atomic E-state index is 0.245. The quantitative estimate of drug-likeness (QED) is 0.569. The van der Waals surface area contributed by atoms with Crippen LogP contribution in [0.25, 0.3) is 10.1 Å². The Hall–Kier alpha value is -2.86. The van der Waals surface area contributed by atoms with Crippen molar-refractivity contribution in [1.82, 2.24) is 5.43 Å². The summed E-state index contributed by atoms with van der Waals surface area (Å²) in [5, 5.41) is 6.79. The van der Waals surface area contributed by atoms with Crippen molar-refractivity contribution < 1.29 is 14.3 Å². The topological polar surface area (TPSA) is 59.9 Å². The van der Waals surface area contributed by atoms with E-state index in [0.29, 0.717) is 22.6 Å². The minimum Gasteiger partial charge on any atom is -0.497 e. The first-order valence-corrected chi connectivity index (χ1v) is 8.12. The highest BCUT2D eigenvalue weighted by Gasteiger charge is 2.11. The predicted molar refractivity (Wildman–Crippen MR) is 96.4 cm³/mol. The molecule has 24 heavy (non-hydrogen) atoms. The number of hydrogen-bond donors (Lipinski definition) is 1. The highest BCUT2D eigenvalue weighted by Crippen LogP contribution is 2.25. The van der Waals surface area contributed by atoms with Gasteiger partial charge in [0.1, 0.15) is 11.5 Å². The predicted octanol–water partition coefficient (Wildman–Crippen LogP) is 3.68. The van der Waals surface area contributed by atoms with Crippen molar-refractivity contribution in [2.75, 3.05) is 14.2 Å². The molecule has 0 bridgehead atoms. The second kappa shape index (κ2) is 7.14. The number of hydrazone groups is 1. The molecule has 0 atom stereocenters. The van der Waals surface area contributed by atoms with Crippen molar-refractivity contribution in [1.29, 1.82) is 0 Å². The van der Waals surface area contributed by atoms with Gasteiger partial charge in [-0.25, -0.2) is 5.43 Å². The van der Waals surface area contributed by atoms with Gasteiger partial charge in [0, 0.05) is 21.0 Å². The fourth-order valence-electron chi connectivity index (χ4n) is 2.31. The molecule has 0 unspecified atom stereocenters. The Labute approximate surface area is 143 Å². The number of ether oxygens (including phenoxy) is 2. The number of hydrogen-bond acceptors (Lipinski definition) is 5. The smallest absolute Gasteiger partial charge is 0.272 e. The van der Waals surface area contributed by atoms with E-state index >= 15 is 0 Å². The molecule has 3 rings (SSSR count). The number of thiophene rings is 1. The standard InChI is InChI=1S/C18H16N2O3S/c1-22-13-7-8-16(23-2)12(9-13)10-19-20-18(21)15-11-24-17-6-4-3-5-14(15)17/h3-11H,1-2H3,(H,20,21)/b19-10-. The molecule has 0 fully saturated rings. The van der Waals surface area contributed by atoms with E-state index < -0.39 is 0 Å². The zero-order chi connectivity index (χ0) is 16.9. The van der Waals surface area contributed by atoms with Crippen molar-refractivity contribution in [3.63, 3.8) is 0 Å². The summed E-state index contributed by atoms with van der Waals surface area (Å²) in [6.45, 7) is 0. The Morgan fingerprint density at radius 3 is 2.79 bits per heavy atom. The number of carbonyl (C=O) groups excluding carboxylic acids is 1. The van der Waals surface area contributed by atoms with Gasteiger partial charge in [0.15, 0.2) is 0 Å². The lowest BCUT2D eigenvalue weighted by atomic mass is 10.2. The van der Waals surface area contributed by atoms with Crippen molar-refractivity contribution in [3.05, 3.63) is 59.0 Å². The number of methoxy groups -OCH3 is 2. The second-order valence-corrected chi connectivity index (χ2v) is 5.86. The van der Waals surface area contributed by atoms with Crippen LogP contribution in [0.1, 0.15) is 15.9 Å². The molecule has 0 aliphatic heterocycles. The molecule has 0 aliphatic carbocycles. The fraction of sp³-hybridized carbons (Fsp3) is 0.111. The molecule has 1 heterocycles. The molecular weight excluding hydrogens is 324 g/mol. The molecule has 0 aliphatic rings. The third kappa shape index (κ3) is 3.23. The largest absolute Gasteiger partial charge is 0.497 e. The van der Waals surface area contributed by atoms with Gasteiger partial charge >= 0.3 is 0 Å². The van der Waals surface area contributed by atoms with Crippen LogP contribution in [0.15, 0.2) is 52.9 Å². The lowest BCUT2D eigenvalue weighted by Gasteiger charge is -2.06. The lowest BCUT2D eigenvalue weighted by molar-refractivity contribution is 0.0957. The van der Waals surface area contributed by atoms with Crippen LogP contribution in [-0.2, 0) is 0 Å². The number of nitrogens with one attached hydrogen (secondary N) is 1. The van der Waals surface area contributed by atoms with Crippen molar-refractivity contribution in [3.8, 4) is 11.5 Å². The molecule has 1 amide bonds. The molecule has 1 aromatic heterocycles. The van der Waals surface area contributed by atoms with Crippen LogP contribution in [0.2, 0.25) is 0 Å². The summed E-state index contributed by atoms with van der Waals surface area (Å²) >= 11 is 1.53. The van der Waals surface area contributed by atoms with E-state index in [1.54, 1.807) is 32.4 Å². The minimum atomic E-state index is -0.245. The number of carbonyl (C=O) groups is 1. The Bertz CT molecular complexity index is 902. The van der Waals surface area contributed by atoms with Gasteiger partial charge in [-0.1, -0.05) is 18.2 Å². The molecule has 3 aromatic rings. The first kappa shape index (κ1) is 16.0. The summed E-state index contributed by atoms with van der Waals surface area (Å²) in [4.78, 5) is 12.3. The third-order valence-corrected chi connectivity index (χ3v) is 4.50. The number of benzene rings is 2. The first-order valence-electron chi connectivity index (χ1n) is 7.24. The zero-order valence-electron chi connectivity index (χ0n) is 13.3. The Morgan fingerprint density at radius 2 is 2.00 bits per heavy atom. The van der Waals surface area contributed by atoms with Crippen molar-refractivity contribution in [2.45, 2.75) is 0 Å². The maximum atomic E-state index is 12.3. The third-order valence-electron chi connectivity index (χ3n) is 3.53. The maximum absolute atomic E-state index is 12.3. The average Bonchev–Trinajstić information content (AvgIpc) is 3.05. The van der Waals surface area contributed by atoms with Gasteiger partial charge in [-0.3, -0.25) is 4.79 Å². The fourth-order valence-corrected chi connectivity index (χ4v) is 3.26. The van der Waals surface area contributed by atoms with E-state index in [1.165, 1.54) is 17.6 Å². The van der Waals surface area contributed by atoms with Crippen LogP contribution in [0, 0.1) is 0 Å². The summed E-state index contributed by atoms with van der Waals surface area (Å²) < 4.78 is 11.5. The summed E-state index contributed by atoms with van der Waals surface area (Å²) in [7, 11) is 3.17. The summed E-state index contributed by atoms with van der Waals surface area (Å²) in [5.41, 5.74) is 3.89. The lowest BCUT2D eigenvalue weighted by Crippen LogP contribution is -2.17. The van der Waals surface area contributed by atoms with E-state index in [0.717, 1.165) is 10.1 Å². The molecule has 0 saturated carbocycles. The van der Waals surface area contributed by atoms with E-state index in [4.69, 9.17) is 9.47 Å². The average molecular weight is 340 g/mol. The summed E-state index contributed by atoms with van der Waals surface area (Å²) in [6.07, 6.45) is 1.54. The van der Waals surface area contributed by atoms with Gasteiger partial charge < -0.3 is 9.47 Å². The molecule has 5 nitrogen and oxygen atoms in total. The number of rotatable bonds is 5. The maximum Gasteiger partial charge on any atom is 0.272 e. The zero-order valence-corrected chi connectivity index (χ0v) is 14.1. The molecule has 2 aromatic carbocycles.